The van der Waals surface area contributed by atoms with Gasteiger partial charge in [0.05, 0.1) is 5.56 Å². The molecule has 24 heavy (non-hydrogen) atoms. The second kappa shape index (κ2) is 6.63. The zero-order valence-electron chi connectivity index (χ0n) is 13.8. The smallest absolute Gasteiger partial charge is 0.289 e. The Morgan fingerprint density at radius 1 is 0.917 bits per heavy atom. The summed E-state index contributed by atoms with van der Waals surface area (Å²) in [4.78, 5) is 12.2. The van der Waals surface area contributed by atoms with E-state index in [2.05, 4.69) is 20.8 Å². The number of hydrogen-bond acceptors (Lipinski definition) is 1. The van der Waals surface area contributed by atoms with Crippen LogP contribution in [0.2, 0.25) is 0 Å². The number of hydrogen-bond donors (Lipinski definition) is 0. The summed E-state index contributed by atoms with van der Waals surface area (Å²) in [6, 6.07) is 12.1. The van der Waals surface area contributed by atoms with Crippen LogP contribution in [0.3, 0.4) is 0 Å². The zero-order valence-corrected chi connectivity index (χ0v) is 13.8. The largest absolute Gasteiger partial charge is 0.416 e. The van der Waals surface area contributed by atoms with Crippen LogP contribution in [-0.4, -0.2) is 5.78 Å². The molecule has 0 aliphatic rings. The molecule has 126 valence electrons. The lowest BCUT2D eigenvalue weighted by Gasteiger charge is -2.18. The molecule has 0 fully saturated rings. The second-order valence-electron chi connectivity index (χ2n) is 6.65. The summed E-state index contributed by atoms with van der Waals surface area (Å²) in [5.41, 5.74) is 1.22. The molecule has 0 amide bonds. The van der Waals surface area contributed by atoms with Crippen molar-refractivity contribution in [1.82, 2.24) is 0 Å². The summed E-state index contributed by atoms with van der Waals surface area (Å²) in [7, 11) is 0. The lowest BCUT2D eigenvalue weighted by atomic mass is 9.86. The molecule has 0 saturated heterocycles. The monoisotopic (exact) mass is 332 g/mol. The first-order valence-electron chi connectivity index (χ1n) is 7.57. The molecule has 0 aromatic heterocycles. The van der Waals surface area contributed by atoms with Crippen molar-refractivity contribution in [2.75, 3.05) is 0 Å². The number of allylic oxidation sites excluding steroid dienone is 1. The molecule has 4 heteroatoms. The van der Waals surface area contributed by atoms with Crippen molar-refractivity contribution in [3.8, 4) is 0 Å². The molecule has 1 nitrogen and oxygen atoms in total. The van der Waals surface area contributed by atoms with E-state index < -0.39 is 11.7 Å². The normalized spacial score (nSPS) is 12.6. The van der Waals surface area contributed by atoms with Crippen LogP contribution >= 0.6 is 0 Å². The van der Waals surface area contributed by atoms with Crippen LogP contribution in [0.5, 0.6) is 0 Å². The summed E-state index contributed by atoms with van der Waals surface area (Å²) >= 11 is 0. The lowest BCUT2D eigenvalue weighted by molar-refractivity contribution is -0.137. The highest BCUT2D eigenvalue weighted by Crippen LogP contribution is 2.29. The number of carbonyl (C=O) groups excluding carboxylic acids is 1. The highest BCUT2D eigenvalue weighted by atomic mass is 19.4. The third-order valence-corrected chi connectivity index (χ3v) is 3.68. The molecular weight excluding hydrogens is 313 g/mol. The van der Waals surface area contributed by atoms with Gasteiger partial charge >= 0.3 is 6.18 Å². The third kappa shape index (κ3) is 4.57. The van der Waals surface area contributed by atoms with Gasteiger partial charge in [0.2, 0.25) is 0 Å². The molecule has 0 bridgehead atoms. The summed E-state index contributed by atoms with van der Waals surface area (Å²) in [6.45, 7) is 6.24. The van der Waals surface area contributed by atoms with E-state index in [9.17, 15) is 18.0 Å². The second-order valence-corrected chi connectivity index (χ2v) is 6.65. The first-order chi connectivity index (χ1) is 11.1. The van der Waals surface area contributed by atoms with Crippen molar-refractivity contribution in [3.63, 3.8) is 0 Å². The van der Waals surface area contributed by atoms with E-state index in [1.165, 1.54) is 24.3 Å². The van der Waals surface area contributed by atoms with Gasteiger partial charge < -0.3 is 0 Å². The molecule has 0 radical (unpaired) electrons. The van der Waals surface area contributed by atoms with Gasteiger partial charge in [0.15, 0.2) is 5.78 Å². The fourth-order valence-electron chi connectivity index (χ4n) is 2.22. The molecule has 2 rings (SSSR count). The van der Waals surface area contributed by atoms with E-state index in [0.717, 1.165) is 17.7 Å². The fraction of sp³-hybridized carbons (Fsp3) is 0.250. The molecule has 0 heterocycles. The van der Waals surface area contributed by atoms with Gasteiger partial charge in [-0.1, -0.05) is 63.2 Å². The van der Waals surface area contributed by atoms with Gasteiger partial charge in [0, 0.05) is 5.56 Å². The Hall–Kier alpha value is -2.36. The van der Waals surface area contributed by atoms with Crippen LogP contribution in [0.1, 0.15) is 47.8 Å². The molecule has 0 atom stereocenters. The number of carbonyl (C=O) groups is 1. The molecule has 2 aromatic rings. The first-order valence-corrected chi connectivity index (χ1v) is 7.57. The Morgan fingerprint density at radius 2 is 1.54 bits per heavy atom. The SMILES string of the molecule is CC(C)(C)c1ccc(C(=O)C=Cc2cccc(C(F)(F)F)c2)cc1. The van der Waals surface area contributed by atoms with E-state index in [1.54, 1.807) is 12.1 Å². The van der Waals surface area contributed by atoms with Crippen LogP contribution in [0.25, 0.3) is 6.08 Å². The highest BCUT2D eigenvalue weighted by molar-refractivity contribution is 6.06. The summed E-state index contributed by atoms with van der Waals surface area (Å²) in [6.07, 6.45) is -1.70. The maximum atomic E-state index is 12.7. The number of ketones is 1. The standard InChI is InChI=1S/C20H19F3O/c1-19(2,3)16-10-8-15(9-11-16)18(24)12-7-14-5-4-6-17(13-14)20(21,22)23/h4-13H,1-3H3. The van der Waals surface area contributed by atoms with Gasteiger partial charge in [-0.3, -0.25) is 4.79 Å². The zero-order chi connectivity index (χ0) is 18.0. The van der Waals surface area contributed by atoms with E-state index in [4.69, 9.17) is 0 Å². The van der Waals surface area contributed by atoms with E-state index in [-0.39, 0.29) is 11.2 Å². The Bertz CT molecular complexity index is 748. The molecule has 0 spiro atoms. The summed E-state index contributed by atoms with van der Waals surface area (Å²) in [5, 5.41) is 0. The Labute approximate surface area is 139 Å². The highest BCUT2D eigenvalue weighted by Gasteiger charge is 2.30. The predicted octanol–water partition coefficient (Wildman–Crippen LogP) is 5.90. The van der Waals surface area contributed by atoms with Gasteiger partial charge in [0.25, 0.3) is 0 Å². The van der Waals surface area contributed by atoms with Crippen LogP contribution in [0, 0.1) is 0 Å². The number of benzene rings is 2. The minimum absolute atomic E-state index is 0.00451. The minimum atomic E-state index is -4.39. The van der Waals surface area contributed by atoms with E-state index in [0.29, 0.717) is 11.1 Å². The van der Waals surface area contributed by atoms with Gasteiger partial charge in [0.1, 0.15) is 0 Å². The van der Waals surface area contributed by atoms with E-state index >= 15 is 0 Å². The van der Waals surface area contributed by atoms with Crippen molar-refractivity contribution in [1.29, 1.82) is 0 Å². The third-order valence-electron chi connectivity index (χ3n) is 3.68. The first kappa shape index (κ1) is 18.0. The quantitative estimate of drug-likeness (QED) is 0.505. The summed E-state index contributed by atoms with van der Waals surface area (Å²) in [5.74, 6) is -0.243. The molecule has 0 aliphatic carbocycles. The van der Waals surface area contributed by atoms with Crippen LogP contribution in [0.15, 0.2) is 54.6 Å². The summed E-state index contributed by atoms with van der Waals surface area (Å²) < 4.78 is 38.0. The maximum Gasteiger partial charge on any atom is 0.416 e. The van der Waals surface area contributed by atoms with Crippen molar-refractivity contribution in [2.24, 2.45) is 0 Å². The molecule has 0 aliphatic heterocycles. The number of halogens is 3. The minimum Gasteiger partial charge on any atom is -0.289 e. The van der Waals surface area contributed by atoms with Crippen molar-refractivity contribution >= 4 is 11.9 Å². The Morgan fingerprint density at radius 3 is 2.08 bits per heavy atom. The predicted molar refractivity (Wildman–Crippen MR) is 90.0 cm³/mol. The van der Waals surface area contributed by atoms with Crippen LogP contribution in [0.4, 0.5) is 13.2 Å². The maximum absolute atomic E-state index is 12.7. The molecule has 0 N–H and O–H groups in total. The molecule has 0 saturated carbocycles. The molecule has 0 unspecified atom stereocenters. The van der Waals surface area contributed by atoms with Gasteiger partial charge in [-0.25, -0.2) is 0 Å². The Balaban J connectivity index is 2.16. The Kier molecular flexibility index (Phi) is 4.97. The fourth-order valence-corrected chi connectivity index (χ4v) is 2.22. The average Bonchev–Trinajstić information content (AvgIpc) is 2.51. The lowest BCUT2D eigenvalue weighted by Crippen LogP contribution is -2.11. The van der Waals surface area contributed by atoms with Crippen LogP contribution < -0.4 is 0 Å². The van der Waals surface area contributed by atoms with Gasteiger partial charge in [-0.05, 0) is 34.8 Å². The van der Waals surface area contributed by atoms with E-state index in [1.807, 2.05) is 12.1 Å². The van der Waals surface area contributed by atoms with Crippen molar-refractivity contribution in [3.05, 3.63) is 76.9 Å². The number of rotatable bonds is 3. The number of alkyl halides is 3. The average molecular weight is 332 g/mol. The van der Waals surface area contributed by atoms with Crippen molar-refractivity contribution in [2.45, 2.75) is 32.4 Å². The van der Waals surface area contributed by atoms with Crippen LogP contribution in [-0.2, 0) is 11.6 Å². The molecular formula is C20H19F3O. The van der Waals surface area contributed by atoms with Gasteiger partial charge in [-0.15, -0.1) is 0 Å². The van der Waals surface area contributed by atoms with Crippen molar-refractivity contribution < 1.29 is 18.0 Å². The molecule has 2 aromatic carbocycles. The van der Waals surface area contributed by atoms with Gasteiger partial charge in [-0.2, -0.15) is 13.2 Å². The topological polar surface area (TPSA) is 17.1 Å².